The van der Waals surface area contributed by atoms with E-state index in [-0.39, 0.29) is 0 Å². The Labute approximate surface area is 94.6 Å². The van der Waals surface area contributed by atoms with Crippen molar-refractivity contribution in [1.29, 1.82) is 0 Å². The number of nitrogens with one attached hydrogen (secondary N) is 2. The molecule has 90 valence electrons. The van der Waals surface area contributed by atoms with Gasteiger partial charge in [0.25, 0.3) is 0 Å². The molecular weight excluding hydrogens is 186 g/mol. The van der Waals surface area contributed by atoms with E-state index in [0.29, 0.717) is 6.04 Å². The zero-order valence-corrected chi connectivity index (χ0v) is 10.6. The molecule has 1 saturated heterocycles. The SMILES string of the molecule is CCN(C)CCNC(C)CC1CCCN1. The van der Waals surface area contributed by atoms with Crippen molar-refractivity contribution in [3.63, 3.8) is 0 Å². The average molecular weight is 213 g/mol. The molecular formula is C12H27N3. The smallest absolute Gasteiger partial charge is 0.0104 e. The van der Waals surface area contributed by atoms with E-state index < -0.39 is 0 Å². The Morgan fingerprint density at radius 1 is 1.53 bits per heavy atom. The summed E-state index contributed by atoms with van der Waals surface area (Å²) in [5, 5.41) is 7.14. The molecule has 0 aromatic rings. The van der Waals surface area contributed by atoms with Gasteiger partial charge in [-0.25, -0.2) is 0 Å². The van der Waals surface area contributed by atoms with Crippen molar-refractivity contribution in [3.8, 4) is 0 Å². The minimum absolute atomic E-state index is 0.644. The normalized spacial score (nSPS) is 23.6. The minimum atomic E-state index is 0.644. The van der Waals surface area contributed by atoms with E-state index in [4.69, 9.17) is 0 Å². The van der Waals surface area contributed by atoms with Crippen molar-refractivity contribution in [1.82, 2.24) is 15.5 Å². The van der Waals surface area contributed by atoms with Crippen LogP contribution >= 0.6 is 0 Å². The fraction of sp³-hybridized carbons (Fsp3) is 1.00. The Hall–Kier alpha value is -0.120. The van der Waals surface area contributed by atoms with Crippen LogP contribution in [-0.2, 0) is 0 Å². The van der Waals surface area contributed by atoms with Gasteiger partial charge in [0.15, 0.2) is 0 Å². The summed E-state index contributed by atoms with van der Waals surface area (Å²) in [5.41, 5.74) is 0. The van der Waals surface area contributed by atoms with E-state index in [1.54, 1.807) is 0 Å². The van der Waals surface area contributed by atoms with Crippen molar-refractivity contribution < 1.29 is 0 Å². The van der Waals surface area contributed by atoms with Crippen LogP contribution in [0.2, 0.25) is 0 Å². The lowest BCUT2D eigenvalue weighted by Gasteiger charge is -2.20. The monoisotopic (exact) mass is 213 g/mol. The molecule has 1 fully saturated rings. The highest BCUT2D eigenvalue weighted by Crippen LogP contribution is 2.10. The number of likely N-dealkylation sites (N-methyl/N-ethyl adjacent to an activating group) is 1. The van der Waals surface area contributed by atoms with E-state index in [9.17, 15) is 0 Å². The molecule has 15 heavy (non-hydrogen) atoms. The molecule has 0 amide bonds. The molecule has 0 saturated carbocycles. The summed E-state index contributed by atoms with van der Waals surface area (Å²) in [4.78, 5) is 2.34. The van der Waals surface area contributed by atoms with Crippen molar-refractivity contribution in [2.45, 2.75) is 45.2 Å². The van der Waals surface area contributed by atoms with Crippen LogP contribution in [-0.4, -0.2) is 50.2 Å². The van der Waals surface area contributed by atoms with Gasteiger partial charge in [0.1, 0.15) is 0 Å². The number of rotatable bonds is 7. The number of nitrogens with zero attached hydrogens (tertiary/aromatic N) is 1. The second-order valence-corrected chi connectivity index (χ2v) is 4.78. The van der Waals surface area contributed by atoms with Gasteiger partial charge >= 0.3 is 0 Å². The minimum Gasteiger partial charge on any atom is -0.314 e. The molecule has 1 aliphatic heterocycles. The Balaban J connectivity index is 2.00. The maximum absolute atomic E-state index is 3.59. The highest BCUT2D eigenvalue weighted by molar-refractivity contribution is 4.78. The van der Waals surface area contributed by atoms with Gasteiger partial charge in [-0.2, -0.15) is 0 Å². The van der Waals surface area contributed by atoms with Gasteiger partial charge in [-0.15, -0.1) is 0 Å². The Bertz CT molecular complexity index is 155. The second-order valence-electron chi connectivity index (χ2n) is 4.78. The van der Waals surface area contributed by atoms with Gasteiger partial charge in [-0.3, -0.25) is 0 Å². The molecule has 1 heterocycles. The lowest BCUT2D eigenvalue weighted by molar-refractivity contribution is 0.334. The van der Waals surface area contributed by atoms with Gasteiger partial charge in [-0.05, 0) is 46.3 Å². The van der Waals surface area contributed by atoms with E-state index in [2.05, 4.69) is 36.4 Å². The van der Waals surface area contributed by atoms with E-state index in [1.165, 1.54) is 25.8 Å². The Kier molecular flexibility index (Phi) is 6.22. The molecule has 2 N–H and O–H groups in total. The predicted molar refractivity (Wildman–Crippen MR) is 66.3 cm³/mol. The summed E-state index contributed by atoms with van der Waals surface area (Å²) in [6, 6.07) is 1.40. The standard InChI is InChI=1S/C12H27N3/c1-4-15(3)9-8-13-11(2)10-12-6-5-7-14-12/h11-14H,4-10H2,1-3H3. The van der Waals surface area contributed by atoms with Crippen molar-refractivity contribution in [3.05, 3.63) is 0 Å². The lowest BCUT2D eigenvalue weighted by Crippen LogP contribution is -2.37. The largest absolute Gasteiger partial charge is 0.314 e. The van der Waals surface area contributed by atoms with Gasteiger partial charge in [-0.1, -0.05) is 6.92 Å². The maximum atomic E-state index is 3.59. The van der Waals surface area contributed by atoms with Crippen LogP contribution < -0.4 is 10.6 Å². The summed E-state index contributed by atoms with van der Waals surface area (Å²) in [5.74, 6) is 0. The molecule has 0 aliphatic carbocycles. The fourth-order valence-corrected chi connectivity index (χ4v) is 2.13. The van der Waals surface area contributed by atoms with Crippen molar-refractivity contribution in [2.24, 2.45) is 0 Å². The second kappa shape index (κ2) is 7.20. The number of hydrogen-bond donors (Lipinski definition) is 2. The summed E-state index contributed by atoms with van der Waals surface area (Å²) >= 11 is 0. The lowest BCUT2D eigenvalue weighted by atomic mass is 10.1. The van der Waals surface area contributed by atoms with Crippen LogP contribution in [0.15, 0.2) is 0 Å². The van der Waals surface area contributed by atoms with Gasteiger partial charge in [0.05, 0.1) is 0 Å². The third-order valence-corrected chi connectivity index (χ3v) is 3.33. The molecule has 0 aromatic heterocycles. The van der Waals surface area contributed by atoms with Gasteiger partial charge in [0.2, 0.25) is 0 Å². The van der Waals surface area contributed by atoms with Crippen molar-refractivity contribution >= 4 is 0 Å². The number of hydrogen-bond acceptors (Lipinski definition) is 3. The average Bonchev–Trinajstić information content (AvgIpc) is 2.70. The predicted octanol–water partition coefficient (Wildman–Crippen LogP) is 1.06. The Morgan fingerprint density at radius 2 is 2.33 bits per heavy atom. The highest BCUT2D eigenvalue weighted by Gasteiger charge is 2.16. The molecule has 3 nitrogen and oxygen atoms in total. The molecule has 0 spiro atoms. The van der Waals surface area contributed by atoms with E-state index in [1.807, 2.05) is 0 Å². The fourth-order valence-electron chi connectivity index (χ4n) is 2.13. The van der Waals surface area contributed by atoms with Crippen molar-refractivity contribution in [2.75, 3.05) is 33.2 Å². The van der Waals surface area contributed by atoms with Gasteiger partial charge in [0, 0.05) is 25.2 Å². The molecule has 1 aliphatic rings. The molecule has 1 rings (SSSR count). The third-order valence-electron chi connectivity index (χ3n) is 3.33. The first kappa shape index (κ1) is 12.9. The summed E-state index contributed by atoms with van der Waals surface area (Å²) in [6.07, 6.45) is 3.99. The Morgan fingerprint density at radius 3 is 2.93 bits per heavy atom. The summed E-state index contributed by atoms with van der Waals surface area (Å²) in [7, 11) is 2.17. The zero-order valence-electron chi connectivity index (χ0n) is 10.6. The topological polar surface area (TPSA) is 27.3 Å². The molecule has 2 unspecified atom stereocenters. The van der Waals surface area contributed by atoms with E-state index >= 15 is 0 Å². The molecule has 3 heteroatoms. The molecule has 2 atom stereocenters. The molecule has 0 radical (unpaired) electrons. The van der Waals surface area contributed by atoms with Crippen LogP contribution in [0.5, 0.6) is 0 Å². The van der Waals surface area contributed by atoms with Crippen LogP contribution in [0.3, 0.4) is 0 Å². The van der Waals surface area contributed by atoms with Crippen LogP contribution in [0, 0.1) is 0 Å². The molecule has 0 bridgehead atoms. The highest BCUT2D eigenvalue weighted by atomic mass is 15.1. The van der Waals surface area contributed by atoms with Crippen LogP contribution in [0.25, 0.3) is 0 Å². The first-order valence-corrected chi connectivity index (χ1v) is 6.37. The first-order valence-electron chi connectivity index (χ1n) is 6.37. The summed E-state index contributed by atoms with van der Waals surface area (Å²) in [6.45, 7) is 9.12. The van der Waals surface area contributed by atoms with E-state index in [0.717, 1.165) is 25.7 Å². The van der Waals surface area contributed by atoms with Crippen LogP contribution in [0.4, 0.5) is 0 Å². The maximum Gasteiger partial charge on any atom is 0.0104 e. The summed E-state index contributed by atoms with van der Waals surface area (Å²) < 4.78 is 0. The third kappa shape index (κ3) is 5.50. The molecule has 0 aromatic carbocycles. The van der Waals surface area contributed by atoms with Gasteiger partial charge < -0.3 is 15.5 Å². The zero-order chi connectivity index (χ0) is 11.1. The van der Waals surface area contributed by atoms with Crippen LogP contribution in [0.1, 0.15) is 33.1 Å². The first-order chi connectivity index (χ1) is 7.22. The quantitative estimate of drug-likeness (QED) is 0.662.